The molecule has 4 rings (SSSR count). The van der Waals surface area contributed by atoms with Gasteiger partial charge in [0.15, 0.2) is 0 Å². The topological polar surface area (TPSA) is 92.2 Å². The molecule has 53 heavy (non-hydrogen) atoms. The molecular weight excluding hydrogens is 876 g/mol. The molecule has 0 saturated carbocycles. The SMILES string of the molecule is CC(C)(C)c1cc(Cl)c([O-])c(Cl)c1.CC(C)(C)c1cc(Cl)c([O-])c(Cl)c1.CC(C)(C)c1cc(Cl)c([O-])c(Cl)c1.CC(C)(C)c1cc(Cl)c([O-])c(Cl)c1.[Ti+4]. The second-order valence-corrected chi connectivity index (χ2v) is 19.3. The molecule has 4 aromatic carbocycles. The van der Waals surface area contributed by atoms with E-state index in [9.17, 15) is 20.4 Å². The van der Waals surface area contributed by atoms with Gasteiger partial charge in [-0.15, -0.1) is 0 Å². The Kier molecular flexibility index (Phi) is 20.2. The van der Waals surface area contributed by atoms with E-state index < -0.39 is 0 Å². The summed E-state index contributed by atoms with van der Waals surface area (Å²) in [5.41, 5.74) is 3.73. The zero-order chi connectivity index (χ0) is 40.9. The van der Waals surface area contributed by atoms with Gasteiger partial charge in [0.05, 0.1) is 0 Å². The summed E-state index contributed by atoms with van der Waals surface area (Å²) >= 11 is 45.8. The Hall–Kier alpha value is -0.886. The third-order valence-electron chi connectivity index (χ3n) is 7.46. The van der Waals surface area contributed by atoms with Crippen LogP contribution in [0.3, 0.4) is 0 Å². The van der Waals surface area contributed by atoms with Gasteiger partial charge in [-0.1, -0.05) is 199 Å². The first-order valence-electron chi connectivity index (χ1n) is 15.9. The Bertz CT molecular complexity index is 1490. The van der Waals surface area contributed by atoms with Crippen LogP contribution >= 0.6 is 92.8 Å². The molecule has 0 fully saturated rings. The van der Waals surface area contributed by atoms with Crippen LogP contribution in [0.5, 0.6) is 23.0 Å². The molecule has 0 radical (unpaired) electrons. The molecule has 288 valence electrons. The summed E-state index contributed by atoms with van der Waals surface area (Å²) < 4.78 is 0. The third-order valence-corrected chi connectivity index (χ3v) is 9.70. The van der Waals surface area contributed by atoms with Gasteiger partial charge in [0, 0.05) is 40.2 Å². The van der Waals surface area contributed by atoms with Gasteiger partial charge >= 0.3 is 21.7 Å². The van der Waals surface area contributed by atoms with Crippen LogP contribution < -0.4 is 20.4 Å². The van der Waals surface area contributed by atoms with Crippen molar-refractivity contribution in [3.05, 3.63) is 111 Å². The minimum absolute atomic E-state index is 0. The molecule has 13 heteroatoms. The maximum atomic E-state index is 11.2. The van der Waals surface area contributed by atoms with Gasteiger partial charge in [0.2, 0.25) is 0 Å². The van der Waals surface area contributed by atoms with Crippen LogP contribution in [0, 0.1) is 0 Å². The smallest absolute Gasteiger partial charge is 0.870 e. The normalized spacial score (nSPS) is 11.5. The molecule has 0 atom stereocenters. The summed E-state index contributed by atoms with van der Waals surface area (Å²) in [5.74, 6) is -1.18. The molecule has 0 N–H and O–H groups in total. The van der Waals surface area contributed by atoms with Crippen molar-refractivity contribution in [1.29, 1.82) is 0 Å². The van der Waals surface area contributed by atoms with Crippen LogP contribution in [0.15, 0.2) is 48.5 Å². The minimum atomic E-state index is -0.295. The summed E-state index contributed by atoms with van der Waals surface area (Å²) in [6.45, 7) is 24.5. The van der Waals surface area contributed by atoms with Gasteiger partial charge in [0.1, 0.15) is 0 Å². The van der Waals surface area contributed by atoms with Gasteiger partial charge in [-0.25, -0.2) is 0 Å². The van der Waals surface area contributed by atoms with E-state index >= 15 is 0 Å². The van der Waals surface area contributed by atoms with Crippen LogP contribution in [-0.4, -0.2) is 0 Å². The van der Waals surface area contributed by atoms with Crippen LogP contribution in [-0.2, 0) is 43.4 Å². The minimum Gasteiger partial charge on any atom is -0.870 e. The molecule has 0 saturated heterocycles. The van der Waals surface area contributed by atoms with E-state index in [1.165, 1.54) is 0 Å². The molecule has 4 nitrogen and oxygen atoms in total. The summed E-state index contributed by atoms with van der Waals surface area (Å²) in [7, 11) is 0. The summed E-state index contributed by atoms with van der Waals surface area (Å²) in [4.78, 5) is 0. The van der Waals surface area contributed by atoms with Crippen molar-refractivity contribution in [2.45, 2.75) is 105 Å². The number of halogens is 8. The standard InChI is InChI=1S/4C10H12Cl2O.Ti/c4*1-10(2,3)6-4-7(11)9(13)8(12)5-6;/h4*4-5,13H,1-3H3;/q;;;;+4/p-4. The second kappa shape index (κ2) is 20.5. The largest absolute Gasteiger partial charge is 4.00 e. The van der Waals surface area contributed by atoms with Gasteiger partial charge in [-0.2, -0.15) is 0 Å². The average Bonchev–Trinajstić information content (AvgIpc) is 2.98. The van der Waals surface area contributed by atoms with E-state index in [0.717, 1.165) is 22.3 Å². The van der Waals surface area contributed by atoms with Gasteiger partial charge in [-0.3, -0.25) is 0 Å². The maximum absolute atomic E-state index is 11.2. The molecule has 0 amide bonds. The monoisotopic (exact) mass is 916 g/mol. The van der Waals surface area contributed by atoms with Crippen molar-refractivity contribution in [2.75, 3.05) is 0 Å². The fourth-order valence-electron chi connectivity index (χ4n) is 3.97. The predicted octanol–water partition coefficient (Wildman–Crippen LogP) is 13.5. The average molecular weight is 920 g/mol. The van der Waals surface area contributed by atoms with Crippen molar-refractivity contribution in [3.63, 3.8) is 0 Å². The van der Waals surface area contributed by atoms with E-state index in [1.807, 2.05) is 83.1 Å². The molecular formula is C40H44Cl8O4Ti. The van der Waals surface area contributed by atoms with Crippen LogP contribution in [0.25, 0.3) is 0 Å². The molecule has 0 unspecified atom stereocenters. The van der Waals surface area contributed by atoms with E-state index in [2.05, 4.69) is 0 Å². The van der Waals surface area contributed by atoms with Crippen molar-refractivity contribution >= 4 is 92.8 Å². The first-order chi connectivity index (χ1) is 23.3. The zero-order valence-corrected chi connectivity index (χ0v) is 39.4. The third kappa shape index (κ3) is 16.2. The Morgan fingerprint density at radius 1 is 0.283 bits per heavy atom. The Labute approximate surface area is 370 Å². The van der Waals surface area contributed by atoms with E-state index in [0.29, 0.717) is 0 Å². The molecule has 0 heterocycles. The molecule has 0 aliphatic carbocycles. The van der Waals surface area contributed by atoms with Gasteiger partial charge in [0.25, 0.3) is 0 Å². The van der Waals surface area contributed by atoms with Crippen LogP contribution in [0.2, 0.25) is 40.2 Å². The van der Waals surface area contributed by atoms with Crippen molar-refractivity contribution < 1.29 is 42.1 Å². The van der Waals surface area contributed by atoms with Crippen molar-refractivity contribution in [2.24, 2.45) is 0 Å². The number of rotatable bonds is 0. The summed E-state index contributed by atoms with van der Waals surface area (Å²) in [6, 6.07) is 13.4. The van der Waals surface area contributed by atoms with Crippen molar-refractivity contribution in [1.82, 2.24) is 0 Å². The molecule has 0 bridgehead atoms. The van der Waals surface area contributed by atoms with Crippen LogP contribution in [0.4, 0.5) is 0 Å². The number of hydrogen-bond acceptors (Lipinski definition) is 4. The molecule has 0 spiro atoms. The zero-order valence-electron chi connectivity index (χ0n) is 31.8. The first-order valence-corrected chi connectivity index (χ1v) is 19.0. The Morgan fingerprint density at radius 2 is 0.377 bits per heavy atom. The predicted molar refractivity (Wildman–Crippen MR) is 218 cm³/mol. The molecule has 0 aromatic heterocycles. The summed E-state index contributed by atoms with van der Waals surface area (Å²) in [6.07, 6.45) is 0. The molecule has 0 aliphatic rings. The fraction of sp³-hybridized carbons (Fsp3) is 0.400. The number of hydrogen-bond donors (Lipinski definition) is 0. The van der Waals surface area contributed by atoms with Crippen LogP contribution in [0.1, 0.15) is 105 Å². The first kappa shape index (κ1) is 52.1. The summed E-state index contributed by atoms with van der Waals surface area (Å²) in [5, 5.41) is 46.3. The van der Waals surface area contributed by atoms with E-state index in [4.69, 9.17) is 92.8 Å². The Balaban J connectivity index is 0.000000676. The van der Waals surface area contributed by atoms with Gasteiger partial charge in [-0.05, 0) is 92.4 Å². The quantitative estimate of drug-likeness (QED) is 0.164. The van der Waals surface area contributed by atoms with Crippen molar-refractivity contribution in [3.8, 4) is 23.0 Å². The second-order valence-electron chi connectivity index (χ2n) is 16.1. The number of benzene rings is 4. The molecule has 0 aliphatic heterocycles. The fourth-order valence-corrected chi connectivity index (χ4v) is 5.92. The maximum Gasteiger partial charge on any atom is 4.00 e. The van der Waals surface area contributed by atoms with Gasteiger partial charge < -0.3 is 20.4 Å². The van der Waals surface area contributed by atoms with E-state index in [1.54, 1.807) is 48.5 Å². The Morgan fingerprint density at radius 3 is 0.453 bits per heavy atom. The molecule has 4 aromatic rings. The van der Waals surface area contributed by atoms with E-state index in [-0.39, 0.29) is 107 Å².